The Morgan fingerprint density at radius 1 is 1.32 bits per heavy atom. The predicted molar refractivity (Wildman–Crippen MR) is 101 cm³/mol. The monoisotopic (exact) mass is 414 g/mol. The summed E-state index contributed by atoms with van der Waals surface area (Å²) in [7, 11) is 1.83. The molecule has 2 aliphatic heterocycles. The summed E-state index contributed by atoms with van der Waals surface area (Å²) in [6.07, 6.45) is -3.42. The highest BCUT2D eigenvalue weighted by atomic mass is 32.2. The molecule has 9 heteroatoms. The molecule has 3 heterocycles. The third kappa shape index (κ3) is 4.95. The number of para-hydroxylation sites is 1. The lowest BCUT2D eigenvalue weighted by Crippen LogP contribution is -2.58. The van der Waals surface area contributed by atoms with Crippen LogP contribution in [0.4, 0.5) is 13.2 Å². The van der Waals surface area contributed by atoms with E-state index in [1.807, 2.05) is 7.11 Å². The van der Waals surface area contributed by atoms with Crippen LogP contribution in [-0.4, -0.2) is 63.9 Å². The number of alkyl halides is 3. The zero-order valence-electron chi connectivity index (χ0n) is 15.3. The van der Waals surface area contributed by atoms with Gasteiger partial charge in [-0.25, -0.2) is 4.79 Å². The van der Waals surface area contributed by atoms with E-state index < -0.39 is 12.1 Å². The average Bonchev–Trinajstić information content (AvgIpc) is 3.06. The van der Waals surface area contributed by atoms with Gasteiger partial charge in [-0.1, -0.05) is 24.3 Å². The van der Waals surface area contributed by atoms with E-state index in [1.54, 1.807) is 0 Å². The summed E-state index contributed by atoms with van der Waals surface area (Å²) in [5.41, 5.74) is 2.27. The first-order chi connectivity index (χ1) is 13.2. The number of ether oxygens (including phenoxy) is 1. The van der Waals surface area contributed by atoms with Crippen molar-refractivity contribution in [2.24, 2.45) is 0 Å². The molecule has 1 N–H and O–H groups in total. The molecular weight excluding hydrogens is 393 g/mol. The SMILES string of the molecule is COC1CSC2(C1)CN(Cc1ccc3ccccc3n1)C2.O=C(O)C(F)(F)F. The first kappa shape index (κ1) is 20.9. The molecule has 152 valence electrons. The van der Waals surface area contributed by atoms with Crippen LogP contribution in [0, 0.1) is 0 Å². The third-order valence-corrected chi connectivity index (χ3v) is 6.39. The van der Waals surface area contributed by atoms with E-state index >= 15 is 0 Å². The Morgan fingerprint density at radius 2 is 2.00 bits per heavy atom. The van der Waals surface area contributed by atoms with E-state index in [0.717, 1.165) is 17.8 Å². The molecular formula is C19H21F3N2O3S. The zero-order valence-corrected chi connectivity index (χ0v) is 16.1. The van der Waals surface area contributed by atoms with Gasteiger partial charge in [-0.15, -0.1) is 11.8 Å². The third-order valence-electron chi connectivity index (χ3n) is 4.82. The molecule has 2 aliphatic rings. The van der Waals surface area contributed by atoms with Gasteiger partial charge in [0.25, 0.3) is 0 Å². The highest BCUT2D eigenvalue weighted by Gasteiger charge is 2.48. The number of carboxylic acids is 1. The quantitative estimate of drug-likeness (QED) is 0.829. The first-order valence-corrected chi connectivity index (χ1v) is 9.73. The molecule has 1 unspecified atom stereocenters. The topological polar surface area (TPSA) is 62.7 Å². The second-order valence-corrected chi connectivity index (χ2v) is 8.49. The van der Waals surface area contributed by atoms with Crippen LogP contribution >= 0.6 is 11.8 Å². The molecule has 28 heavy (non-hydrogen) atoms. The van der Waals surface area contributed by atoms with E-state index in [0.29, 0.717) is 10.9 Å². The number of hydrogen-bond donors (Lipinski definition) is 1. The smallest absolute Gasteiger partial charge is 0.475 e. The van der Waals surface area contributed by atoms with Crippen molar-refractivity contribution in [1.82, 2.24) is 9.88 Å². The lowest BCUT2D eigenvalue weighted by Gasteiger charge is -2.47. The number of thioether (sulfide) groups is 1. The fourth-order valence-corrected chi connectivity index (χ4v) is 5.13. The lowest BCUT2D eigenvalue weighted by molar-refractivity contribution is -0.192. The number of fused-ring (bicyclic) bond motifs is 1. The van der Waals surface area contributed by atoms with Gasteiger partial charge in [0, 0.05) is 42.6 Å². The van der Waals surface area contributed by atoms with Crippen molar-refractivity contribution in [2.45, 2.75) is 30.0 Å². The van der Waals surface area contributed by atoms with Crippen LogP contribution in [0.1, 0.15) is 12.1 Å². The van der Waals surface area contributed by atoms with E-state index in [9.17, 15) is 13.2 Å². The van der Waals surface area contributed by atoms with Gasteiger partial charge in [0.15, 0.2) is 0 Å². The molecule has 0 amide bonds. The minimum Gasteiger partial charge on any atom is -0.475 e. The van der Waals surface area contributed by atoms with Crippen molar-refractivity contribution in [3.8, 4) is 0 Å². The Balaban J connectivity index is 0.000000279. The number of rotatable bonds is 3. The normalized spacial score (nSPS) is 21.2. The molecule has 1 aromatic carbocycles. The van der Waals surface area contributed by atoms with Crippen LogP contribution in [0.25, 0.3) is 10.9 Å². The maximum Gasteiger partial charge on any atom is 0.490 e. The summed E-state index contributed by atoms with van der Waals surface area (Å²) < 4.78 is 37.7. The molecule has 2 fully saturated rings. The number of carbonyl (C=O) groups is 1. The summed E-state index contributed by atoms with van der Waals surface area (Å²) in [5.74, 6) is -1.61. The van der Waals surface area contributed by atoms with Gasteiger partial charge < -0.3 is 9.84 Å². The van der Waals surface area contributed by atoms with Gasteiger partial charge in [0.2, 0.25) is 0 Å². The Bertz CT molecular complexity index is 841. The van der Waals surface area contributed by atoms with Crippen molar-refractivity contribution < 1.29 is 27.8 Å². The highest BCUT2D eigenvalue weighted by molar-refractivity contribution is 8.01. The summed E-state index contributed by atoms with van der Waals surface area (Å²) in [6.45, 7) is 3.31. The van der Waals surface area contributed by atoms with Crippen molar-refractivity contribution in [3.63, 3.8) is 0 Å². The number of methoxy groups -OCH3 is 1. The largest absolute Gasteiger partial charge is 0.490 e. The zero-order chi connectivity index (χ0) is 20.4. The van der Waals surface area contributed by atoms with Crippen LogP contribution < -0.4 is 0 Å². The molecule has 0 bridgehead atoms. The van der Waals surface area contributed by atoms with Crippen LogP contribution in [0.3, 0.4) is 0 Å². The second kappa shape index (κ2) is 8.26. The number of carboxylic acid groups (broad SMARTS) is 1. The van der Waals surface area contributed by atoms with E-state index in [1.165, 1.54) is 30.6 Å². The van der Waals surface area contributed by atoms with Gasteiger partial charge in [0.05, 0.1) is 17.3 Å². The van der Waals surface area contributed by atoms with Crippen molar-refractivity contribution in [1.29, 1.82) is 0 Å². The molecule has 4 rings (SSSR count). The first-order valence-electron chi connectivity index (χ1n) is 8.75. The molecule has 5 nitrogen and oxygen atoms in total. The van der Waals surface area contributed by atoms with Crippen LogP contribution in [0.5, 0.6) is 0 Å². The molecule has 1 spiro atoms. The molecule has 0 saturated carbocycles. The number of likely N-dealkylation sites (tertiary alicyclic amines) is 1. The number of nitrogens with zero attached hydrogens (tertiary/aromatic N) is 2. The summed E-state index contributed by atoms with van der Waals surface area (Å²) in [4.78, 5) is 16.2. The lowest BCUT2D eigenvalue weighted by atomic mass is 9.93. The summed E-state index contributed by atoms with van der Waals surface area (Å²) in [5, 5.41) is 8.34. The van der Waals surface area contributed by atoms with Crippen molar-refractivity contribution >= 4 is 28.6 Å². The van der Waals surface area contributed by atoms with E-state index in [2.05, 4.69) is 53.1 Å². The molecule has 2 aromatic rings. The van der Waals surface area contributed by atoms with Gasteiger partial charge in [0.1, 0.15) is 0 Å². The Hall–Kier alpha value is -1.84. The Labute approximate surface area is 164 Å². The fraction of sp³-hybridized carbons (Fsp3) is 0.474. The molecule has 2 saturated heterocycles. The number of pyridine rings is 1. The van der Waals surface area contributed by atoms with Gasteiger partial charge in [-0.2, -0.15) is 13.2 Å². The Morgan fingerprint density at radius 3 is 2.61 bits per heavy atom. The number of benzene rings is 1. The van der Waals surface area contributed by atoms with Gasteiger partial charge >= 0.3 is 12.1 Å². The Kier molecular flexibility index (Phi) is 6.16. The number of halogens is 3. The molecule has 0 aliphatic carbocycles. The molecule has 1 atom stereocenters. The summed E-state index contributed by atoms with van der Waals surface area (Å²) in [6, 6.07) is 12.7. The van der Waals surface area contributed by atoms with Crippen LogP contribution in [-0.2, 0) is 16.1 Å². The fourth-order valence-electron chi connectivity index (χ4n) is 3.48. The van der Waals surface area contributed by atoms with Crippen molar-refractivity contribution in [2.75, 3.05) is 26.0 Å². The summed E-state index contributed by atoms with van der Waals surface area (Å²) >= 11 is 2.09. The van der Waals surface area contributed by atoms with E-state index in [-0.39, 0.29) is 0 Å². The maximum absolute atomic E-state index is 10.6. The number of hydrogen-bond acceptors (Lipinski definition) is 5. The minimum absolute atomic E-state index is 0.455. The standard InChI is InChI=1S/C17H20N2OS.C2HF3O2/c1-20-15-8-17(21-10-15)11-19(12-17)9-14-7-6-13-4-2-3-5-16(13)18-14;3-2(4,5)1(6)7/h2-7,15H,8-12H2,1H3;(H,6,7). The molecule has 0 radical (unpaired) electrons. The van der Waals surface area contributed by atoms with E-state index in [4.69, 9.17) is 19.6 Å². The second-order valence-electron chi connectivity index (χ2n) is 7.00. The van der Waals surface area contributed by atoms with Crippen LogP contribution in [0.15, 0.2) is 36.4 Å². The van der Waals surface area contributed by atoms with Gasteiger partial charge in [-0.3, -0.25) is 9.88 Å². The maximum atomic E-state index is 10.6. The van der Waals surface area contributed by atoms with Gasteiger partial charge in [-0.05, 0) is 18.6 Å². The minimum atomic E-state index is -5.08. The van der Waals surface area contributed by atoms with Crippen LogP contribution in [0.2, 0.25) is 0 Å². The number of aromatic nitrogens is 1. The predicted octanol–water partition coefficient (Wildman–Crippen LogP) is 3.57. The highest BCUT2D eigenvalue weighted by Crippen LogP contribution is 2.46. The molecule has 1 aromatic heterocycles. The van der Waals surface area contributed by atoms with Crippen molar-refractivity contribution in [3.05, 3.63) is 42.1 Å². The number of aliphatic carboxylic acids is 1. The average molecular weight is 414 g/mol.